The molecule has 2 aliphatic heterocycles. The summed E-state index contributed by atoms with van der Waals surface area (Å²) in [5.74, 6) is -0.769. The van der Waals surface area contributed by atoms with Crippen molar-refractivity contribution < 1.29 is 37.0 Å². The summed E-state index contributed by atoms with van der Waals surface area (Å²) < 4.78 is 53.3. The van der Waals surface area contributed by atoms with Crippen molar-refractivity contribution in [1.82, 2.24) is 10.2 Å². The van der Waals surface area contributed by atoms with Gasteiger partial charge >= 0.3 is 6.18 Å². The number of nitriles is 1. The van der Waals surface area contributed by atoms with Crippen molar-refractivity contribution in [3.05, 3.63) is 182 Å². The zero-order valence-electron chi connectivity index (χ0n) is 32.6. The Morgan fingerprint density at radius 3 is 2.26 bits per heavy atom. The van der Waals surface area contributed by atoms with Gasteiger partial charge in [-0.2, -0.15) is 18.4 Å². The lowest BCUT2D eigenvalue weighted by molar-refractivity contribution is -0.137. The number of hydrogen-bond acceptors (Lipinski definition) is 6. The second-order valence-electron chi connectivity index (χ2n) is 14.9. The first-order valence-electron chi connectivity index (χ1n) is 19.5. The van der Waals surface area contributed by atoms with Gasteiger partial charge < -0.3 is 25.0 Å². The zero-order valence-corrected chi connectivity index (χ0v) is 34.2. The highest BCUT2D eigenvalue weighted by Gasteiger charge is 2.38. The van der Waals surface area contributed by atoms with E-state index in [0.29, 0.717) is 55.9 Å². The Labute approximate surface area is 364 Å². The first kappa shape index (κ1) is 41.9. The number of anilines is 1. The van der Waals surface area contributed by atoms with Crippen LogP contribution in [0.4, 0.5) is 18.9 Å². The fraction of sp³-hybridized carbons (Fsp3) is 0.167. The average molecular weight is 876 g/mol. The molecule has 3 amide bonds. The van der Waals surface area contributed by atoms with E-state index in [1.54, 1.807) is 66.7 Å². The fourth-order valence-corrected chi connectivity index (χ4v) is 7.76. The van der Waals surface area contributed by atoms with Gasteiger partial charge in [-0.1, -0.05) is 83.9 Å². The second kappa shape index (κ2) is 17.7. The van der Waals surface area contributed by atoms with E-state index in [1.165, 1.54) is 11.0 Å². The number of fused-ring (bicyclic) bond motifs is 2. The molecule has 2 aliphatic rings. The predicted octanol–water partition coefficient (Wildman–Crippen LogP) is 10.1. The van der Waals surface area contributed by atoms with Crippen molar-refractivity contribution in [3.8, 4) is 28.7 Å². The van der Waals surface area contributed by atoms with Crippen LogP contribution >= 0.6 is 23.2 Å². The molecule has 0 aliphatic carbocycles. The van der Waals surface area contributed by atoms with Crippen LogP contribution in [-0.2, 0) is 41.8 Å². The highest BCUT2D eigenvalue weighted by Crippen LogP contribution is 2.40. The maximum absolute atomic E-state index is 14.1. The lowest BCUT2D eigenvalue weighted by atomic mass is 9.91. The highest BCUT2D eigenvalue weighted by atomic mass is 35.5. The van der Waals surface area contributed by atoms with Crippen molar-refractivity contribution in [1.29, 1.82) is 5.26 Å². The normalized spacial score (nSPS) is 15.6. The minimum Gasteiger partial charge on any atom is -0.489 e. The molecule has 2 atom stereocenters. The summed E-state index contributed by atoms with van der Waals surface area (Å²) in [6, 6.07) is 35.6. The third kappa shape index (κ3) is 9.24. The summed E-state index contributed by atoms with van der Waals surface area (Å²) >= 11 is 12.1. The fourth-order valence-electron chi connectivity index (χ4n) is 7.44. The van der Waals surface area contributed by atoms with Crippen molar-refractivity contribution in [2.24, 2.45) is 0 Å². The van der Waals surface area contributed by atoms with Gasteiger partial charge in [0.1, 0.15) is 24.1 Å². The molecule has 62 heavy (non-hydrogen) atoms. The number of alkyl halides is 3. The van der Waals surface area contributed by atoms with E-state index in [2.05, 4.69) is 16.7 Å². The van der Waals surface area contributed by atoms with Gasteiger partial charge in [-0.05, 0) is 107 Å². The van der Waals surface area contributed by atoms with Crippen LogP contribution in [0.1, 0.15) is 55.4 Å². The van der Waals surface area contributed by atoms with E-state index in [1.807, 2.05) is 36.4 Å². The molecule has 0 bridgehead atoms. The van der Waals surface area contributed by atoms with Crippen molar-refractivity contribution in [2.45, 2.75) is 44.3 Å². The van der Waals surface area contributed by atoms with E-state index in [-0.39, 0.29) is 31.7 Å². The van der Waals surface area contributed by atoms with Gasteiger partial charge in [-0.25, -0.2) is 0 Å². The first-order valence-corrected chi connectivity index (χ1v) is 20.2. The Hall–Kier alpha value is -6.81. The Balaban J connectivity index is 0.985. The molecule has 8 rings (SSSR count). The molecule has 9 nitrogen and oxygen atoms in total. The van der Waals surface area contributed by atoms with Crippen LogP contribution in [0.2, 0.25) is 10.0 Å². The van der Waals surface area contributed by atoms with E-state index in [4.69, 9.17) is 37.9 Å². The molecule has 0 fully saturated rings. The van der Waals surface area contributed by atoms with Gasteiger partial charge in [0.2, 0.25) is 12.0 Å². The third-order valence-electron chi connectivity index (χ3n) is 10.8. The summed E-state index contributed by atoms with van der Waals surface area (Å²) in [5, 5.41) is 15.8. The number of ether oxygens (including phenoxy) is 2. The van der Waals surface area contributed by atoms with Crippen LogP contribution in [0, 0.1) is 11.3 Å². The Morgan fingerprint density at radius 2 is 1.56 bits per heavy atom. The molecular formula is C48H35Cl2F3N4O5. The van der Waals surface area contributed by atoms with E-state index < -0.39 is 41.6 Å². The maximum Gasteiger partial charge on any atom is 0.416 e. The topological polar surface area (TPSA) is 121 Å². The lowest BCUT2D eigenvalue weighted by Gasteiger charge is -2.37. The summed E-state index contributed by atoms with van der Waals surface area (Å²) in [7, 11) is 0. The number of amides is 3. The molecule has 6 aromatic carbocycles. The number of carbonyl (C=O) groups is 3. The number of benzene rings is 6. The highest BCUT2D eigenvalue weighted by molar-refractivity contribution is 6.42. The smallest absolute Gasteiger partial charge is 0.416 e. The monoisotopic (exact) mass is 874 g/mol. The van der Waals surface area contributed by atoms with E-state index in [9.17, 15) is 27.6 Å². The molecule has 0 spiro atoms. The number of carbonyl (C=O) groups excluding carboxylic acids is 3. The van der Waals surface area contributed by atoms with Gasteiger partial charge in [-0.3, -0.25) is 14.4 Å². The van der Waals surface area contributed by atoms with Crippen molar-refractivity contribution >= 4 is 46.6 Å². The molecule has 2 N–H and O–H groups in total. The largest absolute Gasteiger partial charge is 0.489 e. The number of nitrogens with one attached hydrogen (secondary N) is 2. The van der Waals surface area contributed by atoms with Crippen LogP contribution < -0.4 is 20.1 Å². The summed E-state index contributed by atoms with van der Waals surface area (Å²) in [6.07, 6.45) is -5.21. The zero-order chi connectivity index (χ0) is 43.5. The Morgan fingerprint density at radius 1 is 0.855 bits per heavy atom. The molecule has 2 heterocycles. The molecule has 0 saturated carbocycles. The standard InChI is InChI=1S/C48H35Cl2F3N4O5/c49-39-17-8-30(20-40(39)50)27-61-38-15-13-33(14-16-38)44-46(59)56-41-22-35-23-42(45(58)55-19-18-28-4-9-31(10-5-28)32-11-6-29(25-54)7-12-32)57(26-36(35)24-43(41)62-44)47(60)34-2-1-3-37(21-34)48(51,52)53/h1-17,20-22,24,42,44H,18-19,23,26-27H2,(H,55,58)(H,56,59). The maximum atomic E-state index is 14.1. The summed E-state index contributed by atoms with van der Waals surface area (Å²) in [4.78, 5) is 42.7. The lowest BCUT2D eigenvalue weighted by Crippen LogP contribution is -2.53. The number of nitrogens with zero attached hydrogens (tertiary/aromatic N) is 2. The van der Waals surface area contributed by atoms with Crippen molar-refractivity contribution in [2.75, 3.05) is 11.9 Å². The molecule has 0 aromatic heterocycles. The van der Waals surface area contributed by atoms with Crippen LogP contribution in [0.5, 0.6) is 11.5 Å². The van der Waals surface area contributed by atoms with Crippen molar-refractivity contribution in [3.63, 3.8) is 0 Å². The Bertz CT molecular complexity index is 2720. The number of halogens is 5. The summed E-state index contributed by atoms with van der Waals surface area (Å²) in [6.45, 7) is 0.353. The molecule has 6 aromatic rings. The molecule has 14 heteroatoms. The number of rotatable bonds is 10. The van der Waals surface area contributed by atoms with E-state index >= 15 is 0 Å². The van der Waals surface area contributed by atoms with Crippen LogP contribution in [-0.4, -0.2) is 35.2 Å². The first-order chi connectivity index (χ1) is 29.8. The van der Waals surface area contributed by atoms with Gasteiger partial charge in [0.25, 0.3) is 11.8 Å². The van der Waals surface area contributed by atoms with E-state index in [0.717, 1.165) is 40.5 Å². The van der Waals surface area contributed by atoms with Crippen LogP contribution in [0.25, 0.3) is 11.1 Å². The number of hydrogen-bond donors (Lipinski definition) is 2. The average Bonchev–Trinajstić information content (AvgIpc) is 3.28. The molecule has 2 unspecified atom stereocenters. The van der Waals surface area contributed by atoms with Gasteiger partial charge in [-0.15, -0.1) is 0 Å². The minimum absolute atomic E-state index is 0.0292. The molecule has 0 radical (unpaired) electrons. The molecule has 312 valence electrons. The van der Waals surface area contributed by atoms with Gasteiger partial charge in [0.05, 0.1) is 32.9 Å². The third-order valence-corrected chi connectivity index (χ3v) is 11.5. The van der Waals surface area contributed by atoms with Crippen LogP contribution in [0.15, 0.2) is 127 Å². The van der Waals surface area contributed by atoms with Gasteiger partial charge in [0, 0.05) is 30.6 Å². The SMILES string of the molecule is N#Cc1ccc(-c2ccc(CCNC(=O)C3Cc4cc5c(cc4CN3C(=O)c3cccc(C(F)(F)F)c3)OC(c3ccc(OCc4ccc(Cl)c(Cl)c4)cc3)C(=O)N5)cc2)cc1. The summed E-state index contributed by atoms with van der Waals surface area (Å²) in [5.41, 5.74) is 5.25. The Kier molecular flexibility index (Phi) is 11.9. The molecule has 0 saturated heterocycles. The molecular weight excluding hydrogens is 840 g/mol. The quantitative estimate of drug-likeness (QED) is 0.141. The second-order valence-corrected chi connectivity index (χ2v) is 15.7. The van der Waals surface area contributed by atoms with Gasteiger partial charge in [0.15, 0.2) is 0 Å². The predicted molar refractivity (Wildman–Crippen MR) is 228 cm³/mol. The van der Waals surface area contributed by atoms with Crippen LogP contribution in [0.3, 0.4) is 0 Å². The minimum atomic E-state index is -4.68.